The first-order chi connectivity index (χ1) is 7.69. The van der Waals surface area contributed by atoms with Crippen molar-refractivity contribution in [2.24, 2.45) is 0 Å². The van der Waals surface area contributed by atoms with Crippen LogP contribution in [0, 0.1) is 5.82 Å². The second-order valence-electron chi connectivity index (χ2n) is 3.56. The van der Waals surface area contributed by atoms with Gasteiger partial charge in [0.15, 0.2) is 0 Å². The first kappa shape index (κ1) is 14.0. The monoisotopic (exact) mass is 305 g/mol. The fourth-order valence-electron chi connectivity index (χ4n) is 1.48. The molecule has 0 saturated heterocycles. The Labute approximate surface area is 109 Å². The molecule has 0 heterocycles. The summed E-state index contributed by atoms with van der Waals surface area (Å²) < 4.78 is 13.9. The molecule has 0 spiro atoms. The Hall–Kier alpha value is -0.0600. The van der Waals surface area contributed by atoms with Crippen molar-refractivity contribution in [1.29, 1.82) is 0 Å². The molecule has 0 aliphatic carbocycles. The summed E-state index contributed by atoms with van der Waals surface area (Å²) >= 11 is 5.19. The largest absolute Gasteiger partial charge is 0.316 e. The van der Waals surface area contributed by atoms with Gasteiger partial charge in [-0.1, -0.05) is 19.1 Å². The molecule has 1 aromatic rings. The van der Waals surface area contributed by atoms with E-state index in [2.05, 4.69) is 28.2 Å². The molecule has 1 nitrogen and oxygen atoms in total. The zero-order valence-electron chi connectivity index (χ0n) is 9.59. The minimum Gasteiger partial charge on any atom is -0.316 e. The smallest absolute Gasteiger partial charge is 0.137 e. The van der Waals surface area contributed by atoms with E-state index < -0.39 is 0 Å². The Bertz CT molecular complexity index is 333. The van der Waals surface area contributed by atoms with E-state index in [1.807, 2.05) is 24.9 Å². The van der Waals surface area contributed by atoms with Crippen molar-refractivity contribution in [2.75, 3.05) is 18.6 Å². The topological polar surface area (TPSA) is 12.0 Å². The standard InChI is InChI=1S/C12H17BrFNS/c1-3-16-8-10(15-2)7-9-5-4-6-11(14)12(9)13/h4-6,10,15H,3,7-8H2,1-2H3. The van der Waals surface area contributed by atoms with Gasteiger partial charge in [-0.05, 0) is 46.8 Å². The van der Waals surface area contributed by atoms with Crippen molar-refractivity contribution in [3.63, 3.8) is 0 Å². The number of likely N-dealkylation sites (N-methyl/N-ethyl adjacent to an activating group) is 1. The molecular weight excluding hydrogens is 289 g/mol. The maximum absolute atomic E-state index is 13.3. The molecule has 90 valence electrons. The van der Waals surface area contributed by atoms with E-state index in [1.54, 1.807) is 6.07 Å². The summed E-state index contributed by atoms with van der Waals surface area (Å²) in [6.45, 7) is 2.15. The highest BCUT2D eigenvalue weighted by Gasteiger charge is 2.11. The van der Waals surface area contributed by atoms with E-state index in [4.69, 9.17) is 0 Å². The van der Waals surface area contributed by atoms with E-state index >= 15 is 0 Å². The van der Waals surface area contributed by atoms with E-state index in [-0.39, 0.29) is 5.82 Å². The second kappa shape index (κ2) is 7.30. The first-order valence-corrected chi connectivity index (χ1v) is 7.31. The van der Waals surface area contributed by atoms with Crippen LogP contribution < -0.4 is 5.32 Å². The van der Waals surface area contributed by atoms with Gasteiger partial charge in [-0.2, -0.15) is 11.8 Å². The van der Waals surface area contributed by atoms with Gasteiger partial charge in [0.25, 0.3) is 0 Å². The van der Waals surface area contributed by atoms with Crippen LogP contribution in [0.4, 0.5) is 4.39 Å². The van der Waals surface area contributed by atoms with Gasteiger partial charge in [-0.25, -0.2) is 4.39 Å². The van der Waals surface area contributed by atoms with Gasteiger partial charge in [0.1, 0.15) is 5.82 Å². The highest BCUT2D eigenvalue weighted by Crippen LogP contribution is 2.22. The fraction of sp³-hybridized carbons (Fsp3) is 0.500. The van der Waals surface area contributed by atoms with Crippen molar-refractivity contribution in [1.82, 2.24) is 5.32 Å². The van der Waals surface area contributed by atoms with E-state index in [0.717, 1.165) is 23.5 Å². The van der Waals surface area contributed by atoms with Crippen LogP contribution in [-0.4, -0.2) is 24.6 Å². The summed E-state index contributed by atoms with van der Waals surface area (Å²) in [4.78, 5) is 0. The fourth-order valence-corrected chi connectivity index (χ4v) is 2.71. The van der Waals surface area contributed by atoms with Gasteiger partial charge in [-0.15, -0.1) is 0 Å². The molecule has 0 bridgehead atoms. The van der Waals surface area contributed by atoms with Gasteiger partial charge in [-0.3, -0.25) is 0 Å². The molecular formula is C12H17BrFNS. The zero-order valence-corrected chi connectivity index (χ0v) is 12.0. The third-order valence-electron chi connectivity index (χ3n) is 2.43. The van der Waals surface area contributed by atoms with Gasteiger partial charge in [0.05, 0.1) is 4.47 Å². The van der Waals surface area contributed by atoms with Crippen LogP contribution in [0.3, 0.4) is 0 Å². The Kier molecular flexibility index (Phi) is 6.39. The van der Waals surface area contributed by atoms with Gasteiger partial charge >= 0.3 is 0 Å². The minimum atomic E-state index is -0.185. The maximum Gasteiger partial charge on any atom is 0.137 e. The lowest BCUT2D eigenvalue weighted by Gasteiger charge is -2.16. The maximum atomic E-state index is 13.3. The van der Waals surface area contributed by atoms with Crippen LogP contribution in [0.5, 0.6) is 0 Å². The lowest BCUT2D eigenvalue weighted by Crippen LogP contribution is -2.30. The quantitative estimate of drug-likeness (QED) is 0.863. The lowest BCUT2D eigenvalue weighted by molar-refractivity contribution is 0.597. The van der Waals surface area contributed by atoms with E-state index in [0.29, 0.717) is 10.5 Å². The van der Waals surface area contributed by atoms with Crippen molar-refractivity contribution in [3.05, 3.63) is 34.1 Å². The van der Waals surface area contributed by atoms with Crippen LogP contribution in [0.25, 0.3) is 0 Å². The molecule has 0 saturated carbocycles. The third-order valence-corrected chi connectivity index (χ3v) is 4.36. The Balaban J connectivity index is 2.66. The molecule has 1 atom stereocenters. The predicted octanol–water partition coefficient (Wildman–Crippen LogP) is 3.47. The van der Waals surface area contributed by atoms with Crippen LogP contribution in [-0.2, 0) is 6.42 Å². The van der Waals surface area contributed by atoms with Gasteiger partial charge in [0, 0.05) is 11.8 Å². The van der Waals surface area contributed by atoms with Crippen LogP contribution >= 0.6 is 27.7 Å². The number of nitrogens with one attached hydrogen (secondary N) is 1. The highest BCUT2D eigenvalue weighted by molar-refractivity contribution is 9.10. The van der Waals surface area contributed by atoms with Crippen LogP contribution in [0.1, 0.15) is 12.5 Å². The summed E-state index contributed by atoms with van der Waals surface area (Å²) in [6, 6.07) is 5.59. The zero-order chi connectivity index (χ0) is 12.0. The molecule has 0 aliphatic heterocycles. The summed E-state index contributed by atoms with van der Waals surface area (Å²) in [7, 11) is 1.95. The summed E-state index contributed by atoms with van der Waals surface area (Å²) in [5.41, 5.74) is 1.02. The average Bonchev–Trinajstić information content (AvgIpc) is 2.30. The molecule has 0 fully saturated rings. The van der Waals surface area contributed by atoms with Gasteiger partial charge < -0.3 is 5.32 Å². The summed E-state index contributed by atoms with van der Waals surface area (Å²) in [6.07, 6.45) is 0.849. The predicted molar refractivity (Wildman–Crippen MR) is 73.7 cm³/mol. The molecule has 0 radical (unpaired) electrons. The van der Waals surface area contributed by atoms with Crippen molar-refractivity contribution >= 4 is 27.7 Å². The first-order valence-electron chi connectivity index (χ1n) is 5.37. The summed E-state index contributed by atoms with van der Waals surface area (Å²) in [5.74, 6) is 1.98. The SMILES string of the molecule is CCSCC(Cc1cccc(F)c1Br)NC. The number of thioether (sulfide) groups is 1. The Morgan fingerprint density at radius 3 is 2.88 bits per heavy atom. The number of hydrogen-bond donors (Lipinski definition) is 1. The number of benzene rings is 1. The lowest BCUT2D eigenvalue weighted by atomic mass is 10.1. The molecule has 1 N–H and O–H groups in total. The minimum absolute atomic E-state index is 0.185. The van der Waals surface area contributed by atoms with Gasteiger partial charge in [0.2, 0.25) is 0 Å². The second-order valence-corrected chi connectivity index (χ2v) is 5.67. The van der Waals surface area contributed by atoms with Crippen molar-refractivity contribution < 1.29 is 4.39 Å². The molecule has 1 unspecified atom stereocenters. The Morgan fingerprint density at radius 1 is 1.50 bits per heavy atom. The number of hydrogen-bond acceptors (Lipinski definition) is 2. The number of halogens is 2. The number of rotatable bonds is 6. The van der Waals surface area contributed by atoms with Crippen LogP contribution in [0.15, 0.2) is 22.7 Å². The van der Waals surface area contributed by atoms with Crippen LogP contribution in [0.2, 0.25) is 0 Å². The molecule has 16 heavy (non-hydrogen) atoms. The molecule has 0 aliphatic rings. The highest BCUT2D eigenvalue weighted by atomic mass is 79.9. The normalized spacial score (nSPS) is 12.8. The van der Waals surface area contributed by atoms with Crippen molar-refractivity contribution in [2.45, 2.75) is 19.4 Å². The van der Waals surface area contributed by atoms with E-state index in [9.17, 15) is 4.39 Å². The van der Waals surface area contributed by atoms with E-state index in [1.165, 1.54) is 6.07 Å². The molecule has 4 heteroatoms. The molecule has 0 aromatic heterocycles. The third kappa shape index (κ3) is 4.07. The average molecular weight is 306 g/mol. The Morgan fingerprint density at radius 2 is 2.25 bits per heavy atom. The molecule has 1 aromatic carbocycles. The van der Waals surface area contributed by atoms with Crippen molar-refractivity contribution in [3.8, 4) is 0 Å². The molecule has 1 rings (SSSR count). The molecule has 0 amide bonds. The summed E-state index contributed by atoms with van der Waals surface area (Å²) in [5, 5.41) is 3.27.